The molecule has 0 bridgehead atoms. The third-order valence-corrected chi connectivity index (χ3v) is 3.67. The first-order valence-corrected chi connectivity index (χ1v) is 7.83. The van der Waals surface area contributed by atoms with Gasteiger partial charge in [-0.25, -0.2) is 4.68 Å². The number of aromatic amines is 1. The number of hydrogen-bond acceptors (Lipinski definition) is 4. The topological polar surface area (TPSA) is 113 Å². The molecule has 2 amide bonds. The van der Waals surface area contributed by atoms with Gasteiger partial charge in [0.05, 0.1) is 10.8 Å². The van der Waals surface area contributed by atoms with Crippen LogP contribution in [-0.2, 0) is 16.1 Å². The van der Waals surface area contributed by atoms with E-state index in [9.17, 15) is 19.2 Å². The van der Waals surface area contributed by atoms with Gasteiger partial charge in [-0.2, -0.15) is 0 Å². The molecule has 1 aromatic heterocycles. The highest BCUT2D eigenvalue weighted by atomic mass is 16.2. The molecule has 0 saturated carbocycles. The highest BCUT2D eigenvalue weighted by Gasteiger charge is 2.10. The minimum absolute atomic E-state index is 0.193. The van der Waals surface area contributed by atoms with Crippen LogP contribution in [0.5, 0.6) is 0 Å². The molecule has 3 aromatic rings. The maximum absolute atomic E-state index is 12.4. The first-order chi connectivity index (χ1) is 12.4. The fraction of sp³-hybridized carbons (Fsp3) is 0.111. The van der Waals surface area contributed by atoms with Crippen molar-refractivity contribution in [1.82, 2.24) is 9.78 Å². The van der Waals surface area contributed by atoms with Crippen molar-refractivity contribution in [3.63, 3.8) is 0 Å². The zero-order valence-electron chi connectivity index (χ0n) is 13.9. The molecule has 0 saturated heterocycles. The van der Waals surface area contributed by atoms with Gasteiger partial charge in [0.2, 0.25) is 11.8 Å². The Kier molecular flexibility index (Phi) is 4.66. The van der Waals surface area contributed by atoms with Gasteiger partial charge in [0, 0.05) is 18.3 Å². The lowest BCUT2D eigenvalue weighted by Crippen LogP contribution is -2.34. The largest absolute Gasteiger partial charge is 0.326 e. The summed E-state index contributed by atoms with van der Waals surface area (Å²) < 4.78 is 0.978. The van der Waals surface area contributed by atoms with Crippen LogP contribution in [0.1, 0.15) is 6.92 Å². The molecule has 3 N–H and O–H groups in total. The Hall–Kier alpha value is -3.68. The van der Waals surface area contributed by atoms with Crippen molar-refractivity contribution in [2.75, 3.05) is 10.6 Å². The monoisotopic (exact) mass is 352 g/mol. The zero-order chi connectivity index (χ0) is 18.7. The Bertz CT molecular complexity index is 1100. The molecule has 8 nitrogen and oxygen atoms in total. The molecule has 26 heavy (non-hydrogen) atoms. The number of amides is 2. The predicted octanol–water partition coefficient (Wildman–Crippen LogP) is 1.29. The number of fused-ring (bicyclic) bond motifs is 1. The number of nitrogens with one attached hydrogen (secondary N) is 3. The highest BCUT2D eigenvalue weighted by molar-refractivity contribution is 5.92. The fourth-order valence-electron chi connectivity index (χ4n) is 2.54. The Labute approximate surface area is 147 Å². The summed E-state index contributed by atoms with van der Waals surface area (Å²) in [5.41, 5.74) is 0.217. The van der Waals surface area contributed by atoms with E-state index in [-0.39, 0.29) is 23.2 Å². The summed E-state index contributed by atoms with van der Waals surface area (Å²) >= 11 is 0. The van der Waals surface area contributed by atoms with E-state index in [1.807, 2.05) is 0 Å². The summed E-state index contributed by atoms with van der Waals surface area (Å²) in [6.45, 7) is 1.07. The molecule has 0 unspecified atom stereocenters. The zero-order valence-corrected chi connectivity index (χ0v) is 13.9. The number of carbonyl (C=O) groups excluding carboxylic acids is 2. The lowest BCUT2D eigenvalue weighted by molar-refractivity contribution is -0.117. The third-order valence-electron chi connectivity index (χ3n) is 3.67. The summed E-state index contributed by atoms with van der Waals surface area (Å²) in [6.07, 6.45) is 0. The van der Waals surface area contributed by atoms with E-state index in [0.717, 1.165) is 4.68 Å². The number of anilines is 2. The smallest absolute Gasteiger partial charge is 0.273 e. The normalized spacial score (nSPS) is 10.5. The first kappa shape index (κ1) is 17.2. The van der Waals surface area contributed by atoms with E-state index < -0.39 is 17.0 Å². The second-order valence-corrected chi connectivity index (χ2v) is 5.68. The van der Waals surface area contributed by atoms with Gasteiger partial charge >= 0.3 is 0 Å². The Morgan fingerprint density at radius 3 is 2.12 bits per heavy atom. The standard InChI is InChI=1S/C18H16N4O4/c1-11(23)19-12-6-8-13(9-7-12)20-16(24)10-22-18(26)15-5-3-2-4-14(15)17(25)21-22/h2-9H,10H2,1H3,(H,19,23)(H,20,24)(H,21,25). The molecule has 2 aromatic carbocycles. The lowest BCUT2D eigenvalue weighted by Gasteiger charge is -2.09. The summed E-state index contributed by atoms with van der Waals surface area (Å²) in [5, 5.41) is 8.19. The van der Waals surface area contributed by atoms with Crippen LogP contribution in [0.25, 0.3) is 10.8 Å². The third kappa shape index (κ3) is 3.69. The Balaban J connectivity index is 1.77. The van der Waals surface area contributed by atoms with Gasteiger partial charge in [0.25, 0.3) is 11.1 Å². The second kappa shape index (κ2) is 7.06. The average molecular weight is 352 g/mol. The van der Waals surface area contributed by atoms with E-state index >= 15 is 0 Å². The van der Waals surface area contributed by atoms with Gasteiger partial charge < -0.3 is 10.6 Å². The maximum atomic E-state index is 12.4. The van der Waals surface area contributed by atoms with E-state index in [1.54, 1.807) is 48.5 Å². The van der Waals surface area contributed by atoms with Crippen molar-refractivity contribution in [1.29, 1.82) is 0 Å². The number of rotatable bonds is 4. The van der Waals surface area contributed by atoms with E-state index in [4.69, 9.17) is 0 Å². The number of carbonyl (C=O) groups is 2. The van der Waals surface area contributed by atoms with Crippen LogP contribution in [0.3, 0.4) is 0 Å². The summed E-state index contributed by atoms with van der Waals surface area (Å²) in [7, 11) is 0. The number of benzene rings is 2. The van der Waals surface area contributed by atoms with Crippen molar-refractivity contribution >= 4 is 34.0 Å². The molecular weight excluding hydrogens is 336 g/mol. The van der Waals surface area contributed by atoms with E-state index in [2.05, 4.69) is 15.7 Å². The highest BCUT2D eigenvalue weighted by Crippen LogP contribution is 2.13. The molecule has 3 rings (SSSR count). The molecular formula is C18H16N4O4. The average Bonchev–Trinajstić information content (AvgIpc) is 2.61. The van der Waals surface area contributed by atoms with Crippen molar-refractivity contribution in [3.8, 4) is 0 Å². The van der Waals surface area contributed by atoms with Crippen molar-refractivity contribution in [2.45, 2.75) is 13.5 Å². The summed E-state index contributed by atoms with van der Waals surface area (Å²) in [4.78, 5) is 47.6. The number of H-pyrrole nitrogens is 1. The Morgan fingerprint density at radius 1 is 0.923 bits per heavy atom. The summed E-state index contributed by atoms with van der Waals surface area (Å²) in [5.74, 6) is -0.660. The van der Waals surface area contributed by atoms with Crippen LogP contribution < -0.4 is 21.8 Å². The quantitative estimate of drug-likeness (QED) is 0.656. The summed E-state index contributed by atoms with van der Waals surface area (Å²) in [6, 6.07) is 12.9. The molecule has 0 spiro atoms. The minimum atomic E-state index is -0.467. The van der Waals surface area contributed by atoms with Crippen LogP contribution in [-0.4, -0.2) is 21.6 Å². The molecule has 0 atom stereocenters. The van der Waals surface area contributed by atoms with E-state index in [0.29, 0.717) is 11.4 Å². The van der Waals surface area contributed by atoms with Crippen LogP contribution in [0.4, 0.5) is 11.4 Å². The van der Waals surface area contributed by atoms with E-state index in [1.165, 1.54) is 6.92 Å². The van der Waals surface area contributed by atoms with Gasteiger partial charge in [-0.15, -0.1) is 0 Å². The van der Waals surface area contributed by atoms with Crippen LogP contribution in [0.2, 0.25) is 0 Å². The molecule has 0 radical (unpaired) electrons. The number of aromatic nitrogens is 2. The molecule has 0 aliphatic heterocycles. The second-order valence-electron chi connectivity index (χ2n) is 5.68. The van der Waals surface area contributed by atoms with Gasteiger partial charge in [-0.05, 0) is 36.4 Å². The molecule has 0 aliphatic carbocycles. The van der Waals surface area contributed by atoms with Gasteiger partial charge in [0.15, 0.2) is 0 Å². The lowest BCUT2D eigenvalue weighted by atomic mass is 10.2. The molecule has 0 aliphatic rings. The fourth-order valence-corrected chi connectivity index (χ4v) is 2.54. The number of nitrogens with zero attached hydrogens (tertiary/aromatic N) is 1. The first-order valence-electron chi connectivity index (χ1n) is 7.83. The van der Waals surface area contributed by atoms with Gasteiger partial charge in [-0.1, -0.05) is 12.1 Å². The minimum Gasteiger partial charge on any atom is -0.326 e. The van der Waals surface area contributed by atoms with Crippen molar-refractivity contribution in [2.24, 2.45) is 0 Å². The van der Waals surface area contributed by atoms with Crippen LogP contribution in [0, 0.1) is 0 Å². The van der Waals surface area contributed by atoms with Crippen molar-refractivity contribution < 1.29 is 9.59 Å². The van der Waals surface area contributed by atoms with Gasteiger partial charge in [0.1, 0.15) is 6.54 Å². The molecule has 1 heterocycles. The Morgan fingerprint density at radius 2 is 1.50 bits per heavy atom. The van der Waals surface area contributed by atoms with Gasteiger partial charge in [-0.3, -0.25) is 24.3 Å². The van der Waals surface area contributed by atoms with Crippen LogP contribution >= 0.6 is 0 Å². The maximum Gasteiger partial charge on any atom is 0.273 e. The number of hydrogen-bond donors (Lipinski definition) is 3. The molecule has 132 valence electrons. The SMILES string of the molecule is CC(=O)Nc1ccc(NC(=O)Cn2[nH]c(=O)c3ccccc3c2=O)cc1. The molecule has 8 heteroatoms. The van der Waals surface area contributed by atoms with Crippen LogP contribution in [0.15, 0.2) is 58.1 Å². The van der Waals surface area contributed by atoms with Crippen molar-refractivity contribution in [3.05, 3.63) is 69.2 Å². The predicted molar refractivity (Wildman–Crippen MR) is 98.2 cm³/mol. The molecule has 0 fully saturated rings.